The standard InChI is InChI=1S/C15H13ClN4OS/c1-10(13-4-2-3-5-14(13)16)22-15-17-18-19-20(15)11-6-8-12(21)9-7-11/h2-10,21H,1H3/t10-/m1/s1. The fourth-order valence-corrected chi connectivity index (χ4v) is 3.37. The Bertz CT molecular complexity index is 775. The van der Waals surface area contributed by atoms with Gasteiger partial charge in [0.2, 0.25) is 5.16 Å². The maximum absolute atomic E-state index is 9.37. The number of aromatic hydroxyl groups is 1. The quantitative estimate of drug-likeness (QED) is 0.735. The van der Waals surface area contributed by atoms with Gasteiger partial charge in [0.05, 0.1) is 5.69 Å². The molecule has 0 saturated carbocycles. The van der Waals surface area contributed by atoms with Crippen LogP contribution in [0.15, 0.2) is 53.7 Å². The number of halogens is 1. The molecule has 1 N–H and O–H groups in total. The second-order valence-corrected chi connectivity index (χ2v) is 6.39. The highest BCUT2D eigenvalue weighted by atomic mass is 35.5. The van der Waals surface area contributed by atoms with Crippen LogP contribution in [0, 0.1) is 0 Å². The minimum atomic E-state index is 0.107. The fraction of sp³-hybridized carbons (Fsp3) is 0.133. The van der Waals surface area contributed by atoms with E-state index < -0.39 is 0 Å². The number of hydrogen-bond donors (Lipinski definition) is 1. The van der Waals surface area contributed by atoms with E-state index in [2.05, 4.69) is 22.4 Å². The Morgan fingerprint density at radius 3 is 2.59 bits per heavy atom. The summed E-state index contributed by atoms with van der Waals surface area (Å²) in [6.07, 6.45) is 0. The maximum Gasteiger partial charge on any atom is 0.214 e. The highest BCUT2D eigenvalue weighted by Gasteiger charge is 2.16. The van der Waals surface area contributed by atoms with Crippen molar-refractivity contribution >= 4 is 23.4 Å². The molecule has 0 radical (unpaired) electrons. The number of benzene rings is 2. The van der Waals surface area contributed by atoms with Crippen molar-refractivity contribution in [1.82, 2.24) is 20.2 Å². The van der Waals surface area contributed by atoms with Crippen molar-refractivity contribution in [3.63, 3.8) is 0 Å². The zero-order valence-corrected chi connectivity index (χ0v) is 13.3. The van der Waals surface area contributed by atoms with Crippen molar-refractivity contribution in [3.05, 3.63) is 59.1 Å². The Morgan fingerprint density at radius 2 is 1.86 bits per heavy atom. The Hall–Kier alpha value is -2.05. The van der Waals surface area contributed by atoms with E-state index >= 15 is 0 Å². The van der Waals surface area contributed by atoms with Gasteiger partial charge in [0, 0.05) is 10.3 Å². The molecule has 0 aliphatic heterocycles. The van der Waals surface area contributed by atoms with Crippen molar-refractivity contribution < 1.29 is 5.11 Å². The molecule has 3 rings (SSSR count). The minimum absolute atomic E-state index is 0.107. The molecule has 5 nitrogen and oxygen atoms in total. The molecule has 0 saturated heterocycles. The molecule has 0 fully saturated rings. The average Bonchev–Trinajstić information content (AvgIpc) is 2.96. The second-order valence-electron chi connectivity index (χ2n) is 4.67. The highest BCUT2D eigenvalue weighted by molar-refractivity contribution is 7.99. The van der Waals surface area contributed by atoms with Crippen LogP contribution in [0.2, 0.25) is 5.02 Å². The Labute approximate surface area is 136 Å². The summed E-state index contributed by atoms with van der Waals surface area (Å²) < 4.78 is 1.64. The van der Waals surface area contributed by atoms with Crippen molar-refractivity contribution in [3.8, 4) is 11.4 Å². The van der Waals surface area contributed by atoms with Crippen molar-refractivity contribution in [2.75, 3.05) is 0 Å². The van der Waals surface area contributed by atoms with E-state index in [9.17, 15) is 5.11 Å². The number of rotatable bonds is 4. The summed E-state index contributed by atoms with van der Waals surface area (Å²) in [4.78, 5) is 0. The monoisotopic (exact) mass is 332 g/mol. The first-order valence-electron chi connectivity index (χ1n) is 6.64. The lowest BCUT2D eigenvalue weighted by Crippen LogP contribution is -2.00. The first-order chi connectivity index (χ1) is 10.6. The molecule has 7 heteroatoms. The maximum atomic E-state index is 9.37. The van der Waals surface area contributed by atoms with Gasteiger partial charge in [-0.2, -0.15) is 4.68 Å². The smallest absolute Gasteiger partial charge is 0.214 e. The van der Waals surface area contributed by atoms with Gasteiger partial charge in [-0.05, 0) is 53.2 Å². The van der Waals surface area contributed by atoms with Gasteiger partial charge in [-0.15, -0.1) is 5.10 Å². The number of phenols is 1. The van der Waals surface area contributed by atoms with Crippen molar-refractivity contribution in [2.24, 2.45) is 0 Å². The van der Waals surface area contributed by atoms with E-state index in [4.69, 9.17) is 11.6 Å². The molecule has 3 aromatic rings. The molecular weight excluding hydrogens is 320 g/mol. The van der Waals surface area contributed by atoms with Crippen LogP contribution in [0.1, 0.15) is 17.7 Å². The number of nitrogens with zero attached hydrogens (tertiary/aromatic N) is 4. The summed E-state index contributed by atoms with van der Waals surface area (Å²) in [5.41, 5.74) is 1.83. The van der Waals surface area contributed by atoms with Crippen LogP contribution in [0.3, 0.4) is 0 Å². The molecule has 1 heterocycles. The molecule has 0 aliphatic rings. The average molecular weight is 333 g/mol. The van der Waals surface area contributed by atoms with Gasteiger partial charge in [-0.3, -0.25) is 0 Å². The molecular formula is C15H13ClN4OS. The first-order valence-corrected chi connectivity index (χ1v) is 7.90. The Kier molecular flexibility index (Phi) is 4.31. The lowest BCUT2D eigenvalue weighted by Gasteiger charge is -2.12. The fourth-order valence-electron chi connectivity index (χ4n) is 2.03. The van der Waals surface area contributed by atoms with E-state index in [1.807, 2.05) is 24.3 Å². The van der Waals surface area contributed by atoms with Gasteiger partial charge in [0.15, 0.2) is 0 Å². The topological polar surface area (TPSA) is 63.8 Å². The largest absolute Gasteiger partial charge is 0.508 e. The highest BCUT2D eigenvalue weighted by Crippen LogP contribution is 2.37. The first kappa shape index (κ1) is 14.9. The number of hydrogen-bond acceptors (Lipinski definition) is 5. The van der Waals surface area contributed by atoms with Crippen LogP contribution in [-0.2, 0) is 0 Å². The van der Waals surface area contributed by atoms with E-state index in [0.717, 1.165) is 16.3 Å². The molecule has 1 aromatic heterocycles. The lowest BCUT2D eigenvalue weighted by molar-refractivity contribution is 0.475. The molecule has 0 unspecified atom stereocenters. The summed E-state index contributed by atoms with van der Waals surface area (Å²) in [7, 11) is 0. The van der Waals surface area contributed by atoms with E-state index in [-0.39, 0.29) is 11.0 Å². The minimum Gasteiger partial charge on any atom is -0.508 e. The summed E-state index contributed by atoms with van der Waals surface area (Å²) in [6, 6.07) is 14.5. The zero-order valence-electron chi connectivity index (χ0n) is 11.7. The van der Waals surface area contributed by atoms with E-state index in [0.29, 0.717) is 5.16 Å². The van der Waals surface area contributed by atoms with Crippen LogP contribution >= 0.6 is 23.4 Å². The number of tetrazole rings is 1. The predicted octanol–water partition coefficient (Wildman–Crippen LogP) is 3.87. The molecule has 0 bridgehead atoms. The Balaban J connectivity index is 1.86. The Morgan fingerprint density at radius 1 is 1.14 bits per heavy atom. The van der Waals surface area contributed by atoms with Crippen molar-refractivity contribution in [1.29, 1.82) is 0 Å². The number of thioether (sulfide) groups is 1. The molecule has 0 spiro atoms. The second kappa shape index (κ2) is 6.37. The third-order valence-electron chi connectivity index (χ3n) is 3.16. The summed E-state index contributed by atoms with van der Waals surface area (Å²) in [5, 5.41) is 22.7. The molecule has 2 aromatic carbocycles. The predicted molar refractivity (Wildman–Crippen MR) is 86.5 cm³/mol. The molecule has 112 valence electrons. The molecule has 1 atom stereocenters. The van der Waals surface area contributed by atoms with Gasteiger partial charge in [0.25, 0.3) is 0 Å². The van der Waals surface area contributed by atoms with Gasteiger partial charge in [-0.1, -0.05) is 41.6 Å². The number of phenolic OH excluding ortho intramolecular Hbond substituents is 1. The molecule has 0 amide bonds. The zero-order chi connectivity index (χ0) is 15.5. The van der Waals surface area contributed by atoms with Crippen LogP contribution in [0.25, 0.3) is 5.69 Å². The summed E-state index contributed by atoms with van der Waals surface area (Å²) >= 11 is 7.76. The van der Waals surface area contributed by atoms with Gasteiger partial charge >= 0.3 is 0 Å². The third kappa shape index (κ3) is 3.08. The van der Waals surface area contributed by atoms with E-state index in [1.165, 1.54) is 11.8 Å². The van der Waals surface area contributed by atoms with Gasteiger partial charge < -0.3 is 5.11 Å². The van der Waals surface area contributed by atoms with Crippen LogP contribution in [0.4, 0.5) is 0 Å². The normalized spacial score (nSPS) is 12.3. The SMILES string of the molecule is C[C@@H](Sc1nnnn1-c1ccc(O)cc1)c1ccccc1Cl. The summed E-state index contributed by atoms with van der Waals surface area (Å²) in [6.45, 7) is 2.06. The number of aromatic nitrogens is 4. The lowest BCUT2D eigenvalue weighted by atomic mass is 10.2. The van der Waals surface area contributed by atoms with E-state index in [1.54, 1.807) is 28.9 Å². The van der Waals surface area contributed by atoms with Gasteiger partial charge in [0.1, 0.15) is 5.75 Å². The van der Waals surface area contributed by atoms with Crippen LogP contribution in [0.5, 0.6) is 5.75 Å². The van der Waals surface area contributed by atoms with Crippen LogP contribution in [-0.4, -0.2) is 25.3 Å². The summed E-state index contributed by atoms with van der Waals surface area (Å²) in [5.74, 6) is 0.204. The molecule has 0 aliphatic carbocycles. The molecule has 22 heavy (non-hydrogen) atoms. The van der Waals surface area contributed by atoms with Gasteiger partial charge in [-0.25, -0.2) is 0 Å². The van der Waals surface area contributed by atoms with Crippen LogP contribution < -0.4 is 0 Å². The third-order valence-corrected chi connectivity index (χ3v) is 4.58. The van der Waals surface area contributed by atoms with Crippen molar-refractivity contribution in [2.45, 2.75) is 17.3 Å².